The maximum absolute atomic E-state index is 5.19. The maximum atomic E-state index is 5.19. The van der Waals surface area contributed by atoms with Gasteiger partial charge in [-0.3, -0.25) is 0 Å². The van der Waals surface area contributed by atoms with Gasteiger partial charge in [-0.15, -0.1) is 0 Å². The van der Waals surface area contributed by atoms with Crippen LogP contribution in [0.3, 0.4) is 0 Å². The molecule has 0 aliphatic rings. The van der Waals surface area contributed by atoms with Crippen LogP contribution in [0, 0.1) is 0 Å². The first kappa shape index (κ1) is 7.35. The number of hydrogen-bond donors (Lipinski definition) is 1. The minimum Gasteiger partial charge on any atom is -0.468 e. The van der Waals surface area contributed by atoms with Crippen molar-refractivity contribution in [1.82, 2.24) is 5.32 Å². The summed E-state index contributed by atoms with van der Waals surface area (Å²) in [5.41, 5.74) is 0. The van der Waals surface area contributed by atoms with Crippen LogP contribution < -0.4 is 5.32 Å². The number of rotatable bonds is 3. The Morgan fingerprint density at radius 3 is 3.00 bits per heavy atom. The van der Waals surface area contributed by atoms with E-state index >= 15 is 0 Å². The molecule has 1 aromatic heterocycles. The second kappa shape index (κ2) is 3.42. The first-order valence-electron chi connectivity index (χ1n) is 3.61. The molecule has 2 heteroatoms. The van der Waals surface area contributed by atoms with E-state index in [9.17, 15) is 0 Å². The normalized spacial score (nSPS) is 13.4. The summed E-state index contributed by atoms with van der Waals surface area (Å²) in [5, 5.41) is 3.25. The summed E-state index contributed by atoms with van der Waals surface area (Å²) >= 11 is 0. The first-order chi connectivity index (χ1) is 4.84. The zero-order valence-corrected chi connectivity index (χ0v) is 6.42. The van der Waals surface area contributed by atoms with Gasteiger partial charge in [0.15, 0.2) is 0 Å². The van der Waals surface area contributed by atoms with E-state index in [1.165, 1.54) is 0 Å². The van der Waals surface area contributed by atoms with Gasteiger partial charge < -0.3 is 9.73 Å². The van der Waals surface area contributed by atoms with Crippen molar-refractivity contribution >= 4 is 0 Å². The van der Waals surface area contributed by atoms with Gasteiger partial charge in [0, 0.05) is 0 Å². The Balaban J connectivity index is 2.50. The summed E-state index contributed by atoms with van der Waals surface area (Å²) in [6.07, 6.45) is 1.70. The van der Waals surface area contributed by atoms with Gasteiger partial charge in [-0.25, -0.2) is 0 Å². The van der Waals surface area contributed by atoms with E-state index in [1.54, 1.807) is 6.26 Å². The van der Waals surface area contributed by atoms with Gasteiger partial charge in [-0.05, 0) is 25.6 Å². The third kappa shape index (κ3) is 1.61. The highest BCUT2D eigenvalue weighted by atomic mass is 16.3. The molecular formula is C8H13NO. The van der Waals surface area contributed by atoms with Crippen LogP contribution in [0.1, 0.15) is 25.6 Å². The average Bonchev–Trinajstić information content (AvgIpc) is 2.38. The van der Waals surface area contributed by atoms with Crippen molar-refractivity contribution in [3.63, 3.8) is 0 Å². The largest absolute Gasteiger partial charge is 0.468 e. The maximum Gasteiger partial charge on any atom is 0.120 e. The second-order valence-electron chi connectivity index (χ2n) is 2.29. The van der Waals surface area contributed by atoms with Crippen LogP contribution in [-0.4, -0.2) is 6.54 Å². The summed E-state index contributed by atoms with van der Waals surface area (Å²) in [6.45, 7) is 5.14. The lowest BCUT2D eigenvalue weighted by Gasteiger charge is -2.07. The first-order valence-corrected chi connectivity index (χ1v) is 3.61. The number of hydrogen-bond acceptors (Lipinski definition) is 2. The molecule has 1 N–H and O–H groups in total. The molecule has 0 fully saturated rings. The lowest BCUT2D eigenvalue weighted by molar-refractivity contribution is 0.437. The number of nitrogens with one attached hydrogen (secondary N) is 1. The molecule has 0 aromatic carbocycles. The minimum atomic E-state index is 0.333. The molecule has 0 bridgehead atoms. The van der Waals surface area contributed by atoms with Gasteiger partial charge in [-0.1, -0.05) is 6.92 Å². The summed E-state index contributed by atoms with van der Waals surface area (Å²) < 4.78 is 5.19. The standard InChI is InChI=1S/C8H13NO/c1-3-9-7(2)8-5-4-6-10-8/h4-7,9H,3H2,1-2H3/t7-/m0/s1. The van der Waals surface area contributed by atoms with Crippen molar-refractivity contribution in [2.75, 3.05) is 6.54 Å². The Kier molecular flexibility index (Phi) is 2.51. The quantitative estimate of drug-likeness (QED) is 0.692. The molecular weight excluding hydrogens is 126 g/mol. The Morgan fingerprint density at radius 2 is 2.50 bits per heavy atom. The summed E-state index contributed by atoms with van der Waals surface area (Å²) in [6, 6.07) is 4.22. The Bertz CT molecular complexity index is 169. The van der Waals surface area contributed by atoms with Crippen LogP contribution in [0.4, 0.5) is 0 Å². The van der Waals surface area contributed by atoms with E-state index in [4.69, 9.17) is 4.42 Å². The van der Waals surface area contributed by atoms with Gasteiger partial charge in [0.1, 0.15) is 5.76 Å². The predicted molar refractivity (Wildman–Crippen MR) is 40.8 cm³/mol. The highest BCUT2D eigenvalue weighted by molar-refractivity contribution is 5.02. The Labute approximate surface area is 61.2 Å². The van der Waals surface area contributed by atoms with Crippen molar-refractivity contribution in [2.24, 2.45) is 0 Å². The molecule has 1 atom stereocenters. The van der Waals surface area contributed by atoms with E-state index in [-0.39, 0.29) is 0 Å². The van der Waals surface area contributed by atoms with Crippen molar-refractivity contribution in [3.05, 3.63) is 24.2 Å². The highest BCUT2D eigenvalue weighted by Gasteiger charge is 2.03. The minimum absolute atomic E-state index is 0.333. The van der Waals surface area contributed by atoms with Gasteiger partial charge in [0.05, 0.1) is 12.3 Å². The van der Waals surface area contributed by atoms with E-state index in [0.717, 1.165) is 12.3 Å². The second-order valence-corrected chi connectivity index (χ2v) is 2.29. The smallest absolute Gasteiger partial charge is 0.120 e. The molecule has 0 radical (unpaired) electrons. The van der Waals surface area contributed by atoms with Crippen molar-refractivity contribution in [2.45, 2.75) is 19.9 Å². The van der Waals surface area contributed by atoms with Crippen molar-refractivity contribution in [1.29, 1.82) is 0 Å². The fourth-order valence-corrected chi connectivity index (χ4v) is 0.944. The Hall–Kier alpha value is -0.760. The van der Waals surface area contributed by atoms with E-state index < -0.39 is 0 Å². The summed E-state index contributed by atoms with van der Waals surface area (Å²) in [4.78, 5) is 0. The molecule has 0 aliphatic carbocycles. The zero-order chi connectivity index (χ0) is 7.40. The molecule has 0 spiro atoms. The third-order valence-electron chi connectivity index (χ3n) is 1.48. The van der Waals surface area contributed by atoms with Crippen LogP contribution in [0.2, 0.25) is 0 Å². The van der Waals surface area contributed by atoms with E-state index in [2.05, 4.69) is 19.2 Å². The SMILES string of the molecule is CCN[C@@H](C)c1ccco1. The fraction of sp³-hybridized carbons (Fsp3) is 0.500. The van der Waals surface area contributed by atoms with E-state index in [0.29, 0.717) is 6.04 Å². The molecule has 2 nitrogen and oxygen atoms in total. The molecule has 1 heterocycles. The molecule has 0 aliphatic heterocycles. The molecule has 56 valence electrons. The van der Waals surface area contributed by atoms with Gasteiger partial charge in [0.25, 0.3) is 0 Å². The van der Waals surface area contributed by atoms with Crippen molar-refractivity contribution in [3.8, 4) is 0 Å². The predicted octanol–water partition coefficient (Wildman–Crippen LogP) is 1.95. The molecule has 0 saturated carbocycles. The van der Waals surface area contributed by atoms with E-state index in [1.807, 2.05) is 12.1 Å². The Morgan fingerprint density at radius 1 is 1.70 bits per heavy atom. The molecule has 0 saturated heterocycles. The van der Waals surface area contributed by atoms with Crippen LogP contribution >= 0.6 is 0 Å². The van der Waals surface area contributed by atoms with Crippen LogP contribution in [-0.2, 0) is 0 Å². The molecule has 1 aromatic rings. The lowest BCUT2D eigenvalue weighted by atomic mass is 10.2. The average molecular weight is 139 g/mol. The fourth-order valence-electron chi connectivity index (χ4n) is 0.944. The summed E-state index contributed by atoms with van der Waals surface area (Å²) in [7, 11) is 0. The van der Waals surface area contributed by atoms with Gasteiger partial charge in [-0.2, -0.15) is 0 Å². The number of furan rings is 1. The molecule has 10 heavy (non-hydrogen) atoms. The van der Waals surface area contributed by atoms with Gasteiger partial charge in [0.2, 0.25) is 0 Å². The van der Waals surface area contributed by atoms with Crippen LogP contribution in [0.25, 0.3) is 0 Å². The summed E-state index contributed by atoms with van der Waals surface area (Å²) in [5.74, 6) is 1.00. The van der Waals surface area contributed by atoms with Crippen LogP contribution in [0.5, 0.6) is 0 Å². The molecule has 0 unspecified atom stereocenters. The van der Waals surface area contributed by atoms with Crippen LogP contribution in [0.15, 0.2) is 22.8 Å². The monoisotopic (exact) mass is 139 g/mol. The molecule has 0 amide bonds. The van der Waals surface area contributed by atoms with Gasteiger partial charge >= 0.3 is 0 Å². The lowest BCUT2D eigenvalue weighted by Crippen LogP contribution is -2.16. The zero-order valence-electron chi connectivity index (χ0n) is 6.42. The molecule has 1 rings (SSSR count). The topological polar surface area (TPSA) is 25.2 Å². The highest BCUT2D eigenvalue weighted by Crippen LogP contribution is 2.10. The third-order valence-corrected chi connectivity index (χ3v) is 1.48. The van der Waals surface area contributed by atoms with Crippen molar-refractivity contribution < 1.29 is 4.42 Å².